The third-order valence-corrected chi connectivity index (χ3v) is 1.10. The van der Waals surface area contributed by atoms with E-state index in [1.165, 1.54) is 0 Å². The Kier molecular flexibility index (Phi) is 3.19. The Labute approximate surface area is 49.3 Å². The molecule has 3 heteroatoms. The van der Waals surface area contributed by atoms with Crippen molar-refractivity contribution in [2.75, 3.05) is 7.05 Å². The number of primary amides is 1. The lowest BCUT2D eigenvalue weighted by Gasteiger charge is -2.06. The molecule has 0 aromatic rings. The summed E-state index contributed by atoms with van der Waals surface area (Å²) in [6, 6.07) is -0.157. The molecule has 0 fully saturated rings. The summed E-state index contributed by atoms with van der Waals surface area (Å²) in [6.45, 7) is 1.91. The second-order valence-corrected chi connectivity index (χ2v) is 1.65. The van der Waals surface area contributed by atoms with E-state index in [-0.39, 0.29) is 11.9 Å². The first kappa shape index (κ1) is 7.43. The number of nitrogens with two attached hydrogens (primary N) is 1. The molecule has 0 aliphatic heterocycles. The molecule has 0 bridgehead atoms. The number of hydrogen-bond donors (Lipinski definition) is 2. The van der Waals surface area contributed by atoms with Gasteiger partial charge in [-0.15, -0.1) is 0 Å². The molecule has 0 heterocycles. The van der Waals surface area contributed by atoms with Gasteiger partial charge in [0.05, 0.1) is 6.04 Å². The van der Waals surface area contributed by atoms with Crippen molar-refractivity contribution in [1.82, 2.24) is 5.32 Å². The molecule has 0 saturated heterocycles. The lowest BCUT2D eigenvalue weighted by atomic mass is 10.2. The molecule has 0 saturated carbocycles. The van der Waals surface area contributed by atoms with Gasteiger partial charge < -0.3 is 11.1 Å². The molecule has 3 N–H and O–H groups in total. The van der Waals surface area contributed by atoms with E-state index in [1.807, 2.05) is 6.92 Å². The highest BCUT2D eigenvalue weighted by Gasteiger charge is 2.07. The van der Waals surface area contributed by atoms with Crippen molar-refractivity contribution in [2.24, 2.45) is 5.73 Å². The van der Waals surface area contributed by atoms with Gasteiger partial charge in [0.15, 0.2) is 0 Å². The predicted molar refractivity (Wildman–Crippen MR) is 32.3 cm³/mol. The van der Waals surface area contributed by atoms with Crippen LogP contribution in [0.4, 0.5) is 0 Å². The van der Waals surface area contributed by atoms with Gasteiger partial charge in [0.1, 0.15) is 0 Å². The Morgan fingerprint density at radius 2 is 2.38 bits per heavy atom. The molecular formula is C5H12N2O. The number of carbonyl (C=O) groups excluding carboxylic acids is 1. The van der Waals surface area contributed by atoms with Gasteiger partial charge >= 0.3 is 0 Å². The average Bonchev–Trinajstić information content (AvgIpc) is 1.69. The lowest BCUT2D eigenvalue weighted by molar-refractivity contribution is -0.119. The van der Waals surface area contributed by atoms with E-state index >= 15 is 0 Å². The highest BCUT2D eigenvalue weighted by molar-refractivity contribution is 5.79. The van der Waals surface area contributed by atoms with Gasteiger partial charge in [0.2, 0.25) is 5.91 Å². The van der Waals surface area contributed by atoms with Crippen LogP contribution < -0.4 is 11.1 Å². The summed E-state index contributed by atoms with van der Waals surface area (Å²) in [7, 11) is 1.72. The molecule has 3 nitrogen and oxygen atoms in total. The first-order valence-corrected chi connectivity index (χ1v) is 2.69. The summed E-state index contributed by atoms with van der Waals surface area (Å²) < 4.78 is 0. The monoisotopic (exact) mass is 116 g/mol. The van der Waals surface area contributed by atoms with Gasteiger partial charge in [-0.1, -0.05) is 6.92 Å². The van der Waals surface area contributed by atoms with Crippen LogP contribution in [0.2, 0.25) is 0 Å². The minimum Gasteiger partial charge on any atom is -0.368 e. The van der Waals surface area contributed by atoms with Crippen molar-refractivity contribution in [2.45, 2.75) is 19.4 Å². The number of rotatable bonds is 3. The highest BCUT2D eigenvalue weighted by atomic mass is 16.1. The summed E-state index contributed by atoms with van der Waals surface area (Å²) in [5.41, 5.74) is 4.96. The zero-order valence-electron chi connectivity index (χ0n) is 5.27. The van der Waals surface area contributed by atoms with Crippen molar-refractivity contribution in [3.8, 4) is 0 Å². The van der Waals surface area contributed by atoms with Crippen molar-refractivity contribution in [3.63, 3.8) is 0 Å². The van der Waals surface area contributed by atoms with E-state index in [4.69, 9.17) is 5.73 Å². The Bertz CT molecular complexity index is 78.5. The van der Waals surface area contributed by atoms with Gasteiger partial charge in [0, 0.05) is 0 Å². The second kappa shape index (κ2) is 3.43. The third-order valence-electron chi connectivity index (χ3n) is 1.10. The molecular weight excluding hydrogens is 104 g/mol. The molecule has 1 amide bonds. The number of carbonyl (C=O) groups is 1. The van der Waals surface area contributed by atoms with Crippen LogP contribution in [0, 0.1) is 0 Å². The van der Waals surface area contributed by atoms with Crippen molar-refractivity contribution < 1.29 is 4.79 Å². The number of nitrogens with one attached hydrogen (secondary N) is 1. The van der Waals surface area contributed by atoms with Crippen LogP contribution in [0.5, 0.6) is 0 Å². The maximum atomic E-state index is 10.3. The summed E-state index contributed by atoms with van der Waals surface area (Å²) in [5.74, 6) is -0.282. The maximum Gasteiger partial charge on any atom is 0.234 e. The Hall–Kier alpha value is -0.570. The summed E-state index contributed by atoms with van der Waals surface area (Å²) >= 11 is 0. The van der Waals surface area contributed by atoms with Crippen LogP contribution in [-0.4, -0.2) is 19.0 Å². The normalized spacial score (nSPS) is 13.2. The molecule has 0 aliphatic rings. The zero-order chi connectivity index (χ0) is 6.57. The van der Waals surface area contributed by atoms with Crippen LogP contribution in [0.3, 0.4) is 0 Å². The fraction of sp³-hybridized carbons (Fsp3) is 0.800. The molecule has 0 spiro atoms. The van der Waals surface area contributed by atoms with Crippen LogP contribution in [0.15, 0.2) is 0 Å². The van der Waals surface area contributed by atoms with Crippen molar-refractivity contribution in [1.29, 1.82) is 0 Å². The number of likely N-dealkylation sites (N-methyl/N-ethyl adjacent to an activating group) is 1. The molecule has 0 rings (SSSR count). The summed E-state index contributed by atoms with van der Waals surface area (Å²) in [4.78, 5) is 10.3. The second-order valence-electron chi connectivity index (χ2n) is 1.65. The lowest BCUT2D eigenvalue weighted by Crippen LogP contribution is -2.38. The average molecular weight is 116 g/mol. The zero-order valence-corrected chi connectivity index (χ0v) is 5.27. The van der Waals surface area contributed by atoms with E-state index in [9.17, 15) is 4.79 Å². The first-order valence-electron chi connectivity index (χ1n) is 2.69. The molecule has 0 unspecified atom stereocenters. The quantitative estimate of drug-likeness (QED) is 0.520. The number of amides is 1. The minimum atomic E-state index is -0.282. The molecule has 1 atom stereocenters. The van der Waals surface area contributed by atoms with Crippen LogP contribution in [0.1, 0.15) is 13.3 Å². The summed E-state index contributed by atoms with van der Waals surface area (Å²) in [6.07, 6.45) is 0.756. The Morgan fingerprint density at radius 1 is 1.88 bits per heavy atom. The fourth-order valence-corrected chi connectivity index (χ4v) is 0.548. The van der Waals surface area contributed by atoms with Crippen LogP contribution >= 0.6 is 0 Å². The Morgan fingerprint density at radius 3 is 2.38 bits per heavy atom. The highest BCUT2D eigenvalue weighted by Crippen LogP contribution is 1.84. The topological polar surface area (TPSA) is 55.1 Å². The predicted octanol–water partition coefficient (Wildman–Crippen LogP) is -0.530. The van der Waals surface area contributed by atoms with Crippen LogP contribution in [0.25, 0.3) is 0 Å². The molecule has 0 radical (unpaired) electrons. The standard InChI is InChI=1S/C5H12N2O/c1-3-4(7-2)5(6)8/h4,7H,3H2,1-2H3,(H2,6,8)/t4-/m1/s1. The van der Waals surface area contributed by atoms with Crippen molar-refractivity contribution in [3.05, 3.63) is 0 Å². The molecule has 0 aliphatic carbocycles. The van der Waals surface area contributed by atoms with E-state index in [0.29, 0.717) is 0 Å². The van der Waals surface area contributed by atoms with Gasteiger partial charge in [0.25, 0.3) is 0 Å². The fourth-order valence-electron chi connectivity index (χ4n) is 0.548. The molecule has 48 valence electrons. The third kappa shape index (κ3) is 1.93. The molecule has 0 aromatic carbocycles. The Balaban J connectivity index is 3.52. The largest absolute Gasteiger partial charge is 0.368 e. The van der Waals surface area contributed by atoms with Crippen molar-refractivity contribution >= 4 is 5.91 Å². The first-order chi connectivity index (χ1) is 3.72. The molecule has 0 aromatic heterocycles. The SMILES string of the molecule is CC[C@@H](NC)C(N)=O. The van der Waals surface area contributed by atoms with Crippen LogP contribution in [-0.2, 0) is 4.79 Å². The van der Waals surface area contributed by atoms with Gasteiger partial charge in [-0.3, -0.25) is 4.79 Å². The van der Waals surface area contributed by atoms with E-state index in [2.05, 4.69) is 5.32 Å². The summed E-state index contributed by atoms with van der Waals surface area (Å²) in [5, 5.41) is 2.78. The van der Waals surface area contributed by atoms with E-state index < -0.39 is 0 Å². The number of hydrogen-bond acceptors (Lipinski definition) is 2. The smallest absolute Gasteiger partial charge is 0.234 e. The van der Waals surface area contributed by atoms with Gasteiger partial charge in [-0.25, -0.2) is 0 Å². The molecule has 8 heavy (non-hydrogen) atoms. The van der Waals surface area contributed by atoms with Gasteiger partial charge in [-0.2, -0.15) is 0 Å². The van der Waals surface area contributed by atoms with E-state index in [0.717, 1.165) is 6.42 Å². The van der Waals surface area contributed by atoms with E-state index in [1.54, 1.807) is 7.05 Å². The minimum absolute atomic E-state index is 0.157. The maximum absolute atomic E-state index is 10.3. The van der Waals surface area contributed by atoms with Gasteiger partial charge in [-0.05, 0) is 13.5 Å².